The molecule has 1 aromatic heterocycles. The molecular weight excluding hydrogens is 208 g/mol. The van der Waals surface area contributed by atoms with Gasteiger partial charge in [0.15, 0.2) is 0 Å². The molecule has 2 aliphatic carbocycles. The third-order valence-electron chi connectivity index (χ3n) is 4.48. The first-order valence-corrected chi connectivity index (χ1v) is 6.50. The lowest BCUT2D eigenvalue weighted by Crippen LogP contribution is -2.15. The van der Waals surface area contributed by atoms with Crippen LogP contribution in [0.1, 0.15) is 36.4 Å². The van der Waals surface area contributed by atoms with Crippen molar-refractivity contribution < 1.29 is 0 Å². The lowest BCUT2D eigenvalue weighted by atomic mass is 9.84. The lowest BCUT2D eigenvalue weighted by Gasteiger charge is -2.24. The Morgan fingerprint density at radius 2 is 2.06 bits per heavy atom. The number of fused-ring (bicyclic) bond motifs is 5. The molecule has 2 nitrogen and oxygen atoms in total. The van der Waals surface area contributed by atoms with E-state index in [-0.39, 0.29) is 0 Å². The van der Waals surface area contributed by atoms with Gasteiger partial charge in [-0.2, -0.15) is 0 Å². The molecule has 1 heterocycles. The maximum Gasteiger partial charge on any atom is 0.0726 e. The number of benzene rings is 1. The maximum absolute atomic E-state index is 6.38. The van der Waals surface area contributed by atoms with Crippen LogP contribution in [0.25, 0.3) is 10.9 Å². The third-order valence-corrected chi connectivity index (χ3v) is 4.48. The lowest BCUT2D eigenvalue weighted by molar-refractivity contribution is 0.503. The molecule has 17 heavy (non-hydrogen) atoms. The molecular formula is C15H16N2. The average molecular weight is 224 g/mol. The number of hydrogen-bond donors (Lipinski definition) is 1. The van der Waals surface area contributed by atoms with Gasteiger partial charge in [-0.15, -0.1) is 0 Å². The zero-order valence-electron chi connectivity index (χ0n) is 9.82. The van der Waals surface area contributed by atoms with E-state index in [9.17, 15) is 0 Å². The third kappa shape index (κ3) is 1.24. The summed E-state index contributed by atoms with van der Waals surface area (Å²) in [6, 6.07) is 8.26. The van der Waals surface area contributed by atoms with Gasteiger partial charge in [-0.05, 0) is 43.6 Å². The summed E-state index contributed by atoms with van der Waals surface area (Å²) in [5, 5.41) is 1.14. The van der Waals surface area contributed by atoms with Gasteiger partial charge < -0.3 is 5.73 Å². The summed E-state index contributed by atoms with van der Waals surface area (Å²) < 4.78 is 0. The Bertz CT molecular complexity index is 603. The zero-order chi connectivity index (χ0) is 11.4. The monoisotopic (exact) mass is 224 g/mol. The molecule has 1 fully saturated rings. The van der Waals surface area contributed by atoms with Crippen LogP contribution in [0.5, 0.6) is 0 Å². The van der Waals surface area contributed by atoms with Crippen molar-refractivity contribution in [2.45, 2.75) is 31.6 Å². The Balaban J connectivity index is 2.06. The molecule has 0 saturated heterocycles. The van der Waals surface area contributed by atoms with Crippen LogP contribution in [-0.4, -0.2) is 4.98 Å². The highest BCUT2D eigenvalue weighted by Gasteiger charge is 2.35. The number of pyridine rings is 1. The molecule has 0 spiro atoms. The summed E-state index contributed by atoms with van der Waals surface area (Å²) in [6.07, 6.45) is 5.14. The number of para-hydroxylation sites is 1. The standard InChI is InChI=1S/C15H16N2/c16-15-11-3-1-2-4-12(11)17-13-8-9-5-6-10(7-9)14(13)15/h1-4,9-10H,5-8H2,(H2,16,17). The van der Waals surface area contributed by atoms with Gasteiger partial charge in [0, 0.05) is 22.3 Å². The van der Waals surface area contributed by atoms with Crippen LogP contribution < -0.4 is 5.73 Å². The molecule has 2 atom stereocenters. The summed E-state index contributed by atoms with van der Waals surface area (Å²) >= 11 is 0. The van der Waals surface area contributed by atoms with E-state index in [0.29, 0.717) is 5.92 Å². The van der Waals surface area contributed by atoms with Gasteiger partial charge in [0.2, 0.25) is 0 Å². The summed E-state index contributed by atoms with van der Waals surface area (Å²) in [5.74, 6) is 1.54. The normalized spacial score (nSPS) is 26.1. The molecule has 2 aliphatic rings. The average Bonchev–Trinajstić information content (AvgIpc) is 2.71. The summed E-state index contributed by atoms with van der Waals surface area (Å²) in [7, 11) is 0. The van der Waals surface area contributed by atoms with Crippen LogP contribution in [-0.2, 0) is 6.42 Å². The van der Waals surface area contributed by atoms with E-state index in [1.165, 1.54) is 30.5 Å². The second-order valence-corrected chi connectivity index (χ2v) is 5.48. The Morgan fingerprint density at radius 1 is 1.18 bits per heavy atom. The predicted octanol–water partition coefficient (Wildman–Crippen LogP) is 3.26. The van der Waals surface area contributed by atoms with Crippen molar-refractivity contribution in [1.82, 2.24) is 4.98 Å². The van der Waals surface area contributed by atoms with E-state index in [1.807, 2.05) is 12.1 Å². The van der Waals surface area contributed by atoms with Crippen molar-refractivity contribution in [3.05, 3.63) is 35.5 Å². The maximum atomic E-state index is 6.38. The highest BCUT2D eigenvalue weighted by atomic mass is 14.8. The van der Waals surface area contributed by atoms with Gasteiger partial charge in [-0.3, -0.25) is 4.98 Å². The molecule has 86 valence electrons. The molecule has 2 aromatic rings. The smallest absolute Gasteiger partial charge is 0.0726 e. The van der Waals surface area contributed by atoms with Crippen LogP contribution in [0.4, 0.5) is 5.69 Å². The molecule has 0 radical (unpaired) electrons. The second kappa shape index (κ2) is 3.22. The van der Waals surface area contributed by atoms with Gasteiger partial charge in [-0.25, -0.2) is 0 Å². The number of nitrogens with two attached hydrogens (primary N) is 1. The topological polar surface area (TPSA) is 38.9 Å². The Kier molecular flexibility index (Phi) is 1.79. The first-order chi connectivity index (χ1) is 8.33. The van der Waals surface area contributed by atoms with E-state index in [1.54, 1.807) is 0 Å². The first-order valence-electron chi connectivity index (χ1n) is 6.50. The van der Waals surface area contributed by atoms with Gasteiger partial charge in [0.1, 0.15) is 0 Å². The molecule has 0 aliphatic heterocycles. The molecule has 4 rings (SSSR count). The van der Waals surface area contributed by atoms with E-state index in [2.05, 4.69) is 12.1 Å². The second-order valence-electron chi connectivity index (χ2n) is 5.48. The molecule has 1 aromatic carbocycles. The van der Waals surface area contributed by atoms with Gasteiger partial charge in [0.25, 0.3) is 0 Å². The highest BCUT2D eigenvalue weighted by Crippen LogP contribution is 2.48. The van der Waals surface area contributed by atoms with Crippen molar-refractivity contribution in [3.63, 3.8) is 0 Å². The van der Waals surface area contributed by atoms with Crippen molar-refractivity contribution >= 4 is 16.6 Å². The number of nitrogen functional groups attached to an aromatic ring is 1. The summed E-state index contributed by atoms with van der Waals surface area (Å²) in [4.78, 5) is 4.84. The summed E-state index contributed by atoms with van der Waals surface area (Å²) in [6.45, 7) is 0. The fourth-order valence-electron chi connectivity index (χ4n) is 3.71. The Hall–Kier alpha value is -1.57. The minimum Gasteiger partial charge on any atom is -0.398 e. The van der Waals surface area contributed by atoms with E-state index >= 15 is 0 Å². The summed E-state index contributed by atoms with van der Waals surface area (Å²) in [5.41, 5.74) is 11.1. The van der Waals surface area contributed by atoms with Crippen molar-refractivity contribution in [2.24, 2.45) is 5.92 Å². The molecule has 2 unspecified atom stereocenters. The Labute approximate surface area is 101 Å². The van der Waals surface area contributed by atoms with Gasteiger partial charge in [0.05, 0.1) is 5.52 Å². The number of anilines is 1. The van der Waals surface area contributed by atoms with Gasteiger partial charge >= 0.3 is 0 Å². The van der Waals surface area contributed by atoms with Crippen LogP contribution in [0.3, 0.4) is 0 Å². The molecule has 0 amide bonds. The van der Waals surface area contributed by atoms with Crippen LogP contribution >= 0.6 is 0 Å². The molecule has 2 bridgehead atoms. The number of aromatic nitrogens is 1. The zero-order valence-corrected chi connectivity index (χ0v) is 9.82. The largest absolute Gasteiger partial charge is 0.398 e. The predicted molar refractivity (Wildman–Crippen MR) is 69.9 cm³/mol. The minimum absolute atomic E-state index is 0.681. The first kappa shape index (κ1) is 9.46. The number of hydrogen-bond acceptors (Lipinski definition) is 2. The quantitative estimate of drug-likeness (QED) is 0.746. The molecule has 1 saturated carbocycles. The highest BCUT2D eigenvalue weighted by molar-refractivity contribution is 5.92. The fourth-order valence-corrected chi connectivity index (χ4v) is 3.71. The Morgan fingerprint density at radius 3 is 3.00 bits per heavy atom. The van der Waals surface area contributed by atoms with Gasteiger partial charge in [-0.1, -0.05) is 18.2 Å². The minimum atomic E-state index is 0.681. The number of rotatable bonds is 0. The van der Waals surface area contributed by atoms with Crippen LogP contribution in [0.15, 0.2) is 24.3 Å². The van der Waals surface area contributed by atoms with Crippen molar-refractivity contribution in [2.75, 3.05) is 5.73 Å². The van der Waals surface area contributed by atoms with E-state index < -0.39 is 0 Å². The van der Waals surface area contributed by atoms with Crippen LogP contribution in [0.2, 0.25) is 0 Å². The SMILES string of the molecule is Nc1c2c(nc3ccccc13)CC1CCC2C1. The van der Waals surface area contributed by atoms with Crippen molar-refractivity contribution in [1.29, 1.82) is 0 Å². The van der Waals surface area contributed by atoms with Crippen molar-refractivity contribution in [3.8, 4) is 0 Å². The molecule has 2 heteroatoms. The molecule has 2 N–H and O–H groups in total. The van der Waals surface area contributed by atoms with E-state index in [0.717, 1.165) is 28.9 Å². The number of nitrogens with zero attached hydrogens (tertiary/aromatic N) is 1. The van der Waals surface area contributed by atoms with E-state index in [4.69, 9.17) is 10.7 Å². The van der Waals surface area contributed by atoms with Crippen LogP contribution in [0, 0.1) is 5.92 Å². The fraction of sp³-hybridized carbons (Fsp3) is 0.400.